The fourth-order valence-electron chi connectivity index (χ4n) is 2.90. The minimum absolute atomic E-state index is 0.110. The third-order valence-electron chi connectivity index (χ3n) is 4.69. The van der Waals surface area contributed by atoms with Gasteiger partial charge >= 0.3 is 0 Å². The van der Waals surface area contributed by atoms with Gasteiger partial charge in [0.15, 0.2) is 6.61 Å². The molecule has 0 saturated heterocycles. The largest absolute Gasteiger partial charge is 0.484 e. The maximum atomic E-state index is 12.9. The fraction of sp³-hybridized carbons (Fsp3) is 0.391. The zero-order valence-electron chi connectivity index (χ0n) is 17.3. The maximum Gasteiger partial charge on any atom is 0.261 e. The predicted octanol–water partition coefficient (Wildman–Crippen LogP) is 4.12. The highest BCUT2D eigenvalue weighted by Crippen LogP contribution is 2.21. The average Bonchev–Trinajstić information content (AvgIpc) is 2.73. The van der Waals surface area contributed by atoms with Gasteiger partial charge in [-0.05, 0) is 56.0 Å². The van der Waals surface area contributed by atoms with E-state index in [1.54, 1.807) is 11.8 Å². The van der Waals surface area contributed by atoms with Gasteiger partial charge in [0.2, 0.25) is 5.91 Å². The van der Waals surface area contributed by atoms with Crippen LogP contribution in [0.25, 0.3) is 0 Å². The van der Waals surface area contributed by atoms with Gasteiger partial charge in [0.1, 0.15) is 11.8 Å². The molecular formula is C23H29BrN2O3. The lowest BCUT2D eigenvalue weighted by molar-refractivity contribution is -0.141. The molecule has 1 N–H and O–H groups in total. The number of aryl methyl sites for hydroxylation is 1. The number of nitrogens with zero attached hydrogens (tertiary/aromatic N) is 1. The molecule has 29 heavy (non-hydrogen) atoms. The molecule has 2 amide bonds. The molecule has 0 saturated carbocycles. The molecule has 0 aliphatic carbocycles. The second-order valence-electron chi connectivity index (χ2n) is 6.99. The van der Waals surface area contributed by atoms with Crippen molar-refractivity contribution in [2.75, 3.05) is 19.7 Å². The number of ether oxygens (including phenoxy) is 1. The SMILES string of the molecule is CCCNC(=O)C(C)N(CCc1ccccc1)C(=O)COc1ccc(Br)c(C)c1. The van der Waals surface area contributed by atoms with Crippen LogP contribution in [0.15, 0.2) is 53.0 Å². The number of hydrogen-bond donors (Lipinski definition) is 1. The minimum atomic E-state index is -0.562. The number of carbonyl (C=O) groups excluding carboxylic acids is 2. The molecule has 2 rings (SSSR count). The summed E-state index contributed by atoms with van der Waals surface area (Å²) >= 11 is 3.46. The number of carbonyl (C=O) groups is 2. The van der Waals surface area contributed by atoms with Gasteiger partial charge in [0.25, 0.3) is 5.91 Å². The van der Waals surface area contributed by atoms with E-state index in [0.717, 1.165) is 22.0 Å². The van der Waals surface area contributed by atoms with E-state index in [4.69, 9.17) is 4.74 Å². The molecule has 0 fully saturated rings. The van der Waals surface area contributed by atoms with Crippen molar-refractivity contribution in [2.45, 2.75) is 39.7 Å². The summed E-state index contributed by atoms with van der Waals surface area (Å²) < 4.78 is 6.69. The van der Waals surface area contributed by atoms with E-state index >= 15 is 0 Å². The molecule has 0 radical (unpaired) electrons. The van der Waals surface area contributed by atoms with Crippen LogP contribution < -0.4 is 10.1 Å². The molecule has 2 aromatic carbocycles. The van der Waals surface area contributed by atoms with Gasteiger partial charge in [-0.2, -0.15) is 0 Å². The second kappa shape index (κ2) is 11.6. The standard InChI is InChI=1S/C23H29BrN2O3/c1-4-13-25-23(28)18(3)26(14-12-19-8-6-5-7-9-19)22(27)16-29-20-10-11-21(24)17(2)15-20/h5-11,15,18H,4,12-14,16H2,1-3H3,(H,25,28). The zero-order valence-corrected chi connectivity index (χ0v) is 18.9. The van der Waals surface area contributed by atoms with Gasteiger partial charge in [-0.3, -0.25) is 9.59 Å². The van der Waals surface area contributed by atoms with Gasteiger partial charge < -0.3 is 15.0 Å². The molecule has 0 aliphatic heterocycles. The molecule has 0 aromatic heterocycles. The van der Waals surface area contributed by atoms with Crippen LogP contribution >= 0.6 is 15.9 Å². The first kappa shape index (κ1) is 22.9. The van der Waals surface area contributed by atoms with Crippen molar-refractivity contribution < 1.29 is 14.3 Å². The van der Waals surface area contributed by atoms with Crippen LogP contribution in [0, 0.1) is 6.92 Å². The van der Waals surface area contributed by atoms with Gasteiger partial charge in [-0.1, -0.05) is 53.2 Å². The Hall–Kier alpha value is -2.34. The van der Waals surface area contributed by atoms with Crippen molar-refractivity contribution in [1.29, 1.82) is 0 Å². The number of amides is 2. The molecule has 0 spiro atoms. The van der Waals surface area contributed by atoms with Crippen LogP contribution in [0.2, 0.25) is 0 Å². The van der Waals surface area contributed by atoms with Crippen LogP contribution in [0.5, 0.6) is 5.75 Å². The Labute approximate surface area is 181 Å². The first-order chi connectivity index (χ1) is 13.9. The molecule has 0 heterocycles. The van der Waals surface area contributed by atoms with Crippen LogP contribution in [0.3, 0.4) is 0 Å². The van der Waals surface area contributed by atoms with Crippen LogP contribution in [0.1, 0.15) is 31.4 Å². The van der Waals surface area contributed by atoms with E-state index in [2.05, 4.69) is 21.2 Å². The van der Waals surface area contributed by atoms with Crippen LogP contribution in [-0.2, 0) is 16.0 Å². The number of halogens is 1. The summed E-state index contributed by atoms with van der Waals surface area (Å²) in [6.07, 6.45) is 1.53. The summed E-state index contributed by atoms with van der Waals surface area (Å²) in [5.41, 5.74) is 2.15. The molecule has 0 bridgehead atoms. The Bertz CT molecular complexity index is 811. The summed E-state index contributed by atoms with van der Waals surface area (Å²) in [5.74, 6) is 0.276. The summed E-state index contributed by atoms with van der Waals surface area (Å²) in [5, 5.41) is 2.87. The van der Waals surface area contributed by atoms with E-state index in [0.29, 0.717) is 25.3 Å². The van der Waals surface area contributed by atoms with Crippen molar-refractivity contribution in [3.8, 4) is 5.75 Å². The summed E-state index contributed by atoms with van der Waals surface area (Å²) in [6, 6.07) is 15.0. The van der Waals surface area contributed by atoms with E-state index in [1.807, 2.05) is 62.4 Å². The van der Waals surface area contributed by atoms with Crippen molar-refractivity contribution in [3.63, 3.8) is 0 Å². The van der Waals surface area contributed by atoms with Crippen molar-refractivity contribution in [2.24, 2.45) is 0 Å². The Balaban J connectivity index is 2.05. The van der Waals surface area contributed by atoms with Gasteiger partial charge in [-0.15, -0.1) is 0 Å². The van der Waals surface area contributed by atoms with Crippen LogP contribution in [-0.4, -0.2) is 42.5 Å². The van der Waals surface area contributed by atoms with Crippen molar-refractivity contribution in [3.05, 3.63) is 64.1 Å². The lowest BCUT2D eigenvalue weighted by Crippen LogP contribution is -2.50. The molecule has 0 aliphatic rings. The number of rotatable bonds is 10. The topological polar surface area (TPSA) is 58.6 Å². The Morgan fingerprint density at radius 2 is 1.90 bits per heavy atom. The third kappa shape index (κ3) is 7.20. The van der Waals surface area contributed by atoms with Crippen molar-refractivity contribution in [1.82, 2.24) is 10.2 Å². The Kier molecular flexibility index (Phi) is 9.19. The maximum absolute atomic E-state index is 12.9. The van der Waals surface area contributed by atoms with E-state index < -0.39 is 6.04 Å². The smallest absolute Gasteiger partial charge is 0.261 e. The highest BCUT2D eigenvalue weighted by atomic mass is 79.9. The molecule has 156 valence electrons. The Morgan fingerprint density at radius 1 is 1.17 bits per heavy atom. The number of nitrogens with one attached hydrogen (secondary N) is 1. The van der Waals surface area contributed by atoms with E-state index in [9.17, 15) is 9.59 Å². The summed E-state index contributed by atoms with van der Waals surface area (Å²) in [4.78, 5) is 27.0. The third-order valence-corrected chi connectivity index (χ3v) is 5.58. The zero-order chi connectivity index (χ0) is 21.2. The fourth-order valence-corrected chi connectivity index (χ4v) is 3.15. The first-order valence-corrected chi connectivity index (χ1v) is 10.7. The quantitative estimate of drug-likeness (QED) is 0.579. The predicted molar refractivity (Wildman–Crippen MR) is 119 cm³/mol. The summed E-state index contributed by atoms with van der Waals surface area (Å²) in [6.45, 7) is 6.66. The highest BCUT2D eigenvalue weighted by molar-refractivity contribution is 9.10. The van der Waals surface area contributed by atoms with Gasteiger partial charge in [0, 0.05) is 17.6 Å². The van der Waals surface area contributed by atoms with E-state index in [1.165, 1.54) is 0 Å². The van der Waals surface area contributed by atoms with Crippen LogP contribution in [0.4, 0.5) is 0 Å². The summed E-state index contributed by atoms with van der Waals surface area (Å²) in [7, 11) is 0. The molecule has 5 nitrogen and oxygen atoms in total. The average molecular weight is 461 g/mol. The molecular weight excluding hydrogens is 432 g/mol. The molecule has 2 aromatic rings. The lowest BCUT2D eigenvalue weighted by atomic mass is 10.1. The van der Waals surface area contributed by atoms with E-state index in [-0.39, 0.29) is 18.4 Å². The number of benzene rings is 2. The number of hydrogen-bond acceptors (Lipinski definition) is 3. The van der Waals surface area contributed by atoms with Gasteiger partial charge in [-0.25, -0.2) is 0 Å². The van der Waals surface area contributed by atoms with Gasteiger partial charge in [0.05, 0.1) is 0 Å². The Morgan fingerprint density at radius 3 is 2.55 bits per heavy atom. The molecule has 1 unspecified atom stereocenters. The first-order valence-electron chi connectivity index (χ1n) is 9.92. The molecule has 1 atom stereocenters. The lowest BCUT2D eigenvalue weighted by Gasteiger charge is -2.28. The molecule has 6 heteroatoms. The second-order valence-corrected chi connectivity index (χ2v) is 7.84. The monoisotopic (exact) mass is 460 g/mol. The normalized spacial score (nSPS) is 11.6. The van der Waals surface area contributed by atoms with Crippen molar-refractivity contribution >= 4 is 27.7 Å². The highest BCUT2D eigenvalue weighted by Gasteiger charge is 2.25. The minimum Gasteiger partial charge on any atom is -0.484 e.